The highest BCUT2D eigenvalue weighted by atomic mass is 79.9. The van der Waals surface area contributed by atoms with Crippen LogP contribution in [0.1, 0.15) is 38.1 Å². The zero-order valence-electron chi connectivity index (χ0n) is 11.6. The Morgan fingerprint density at radius 3 is 2.72 bits per heavy atom. The van der Waals surface area contributed by atoms with Crippen LogP contribution in [-0.2, 0) is 24.8 Å². The van der Waals surface area contributed by atoms with Crippen molar-refractivity contribution in [2.45, 2.75) is 39.7 Å². The molecule has 0 unspecified atom stereocenters. The van der Waals surface area contributed by atoms with Crippen molar-refractivity contribution in [3.05, 3.63) is 15.9 Å². The van der Waals surface area contributed by atoms with Crippen LogP contribution < -0.4 is 5.32 Å². The average molecular weight is 318 g/mol. The maximum Gasteiger partial charge on any atom is 0.0767 e. The molecule has 1 aromatic rings. The minimum absolute atomic E-state index is 0.841. The zero-order chi connectivity index (χ0) is 13.4. The Bertz CT molecular complexity index is 352. The lowest BCUT2D eigenvalue weighted by Gasteiger charge is -2.06. The van der Waals surface area contributed by atoms with Crippen molar-refractivity contribution in [2.24, 2.45) is 7.05 Å². The van der Waals surface area contributed by atoms with Crippen molar-refractivity contribution >= 4 is 15.9 Å². The monoisotopic (exact) mass is 317 g/mol. The molecule has 1 N–H and O–H groups in total. The lowest BCUT2D eigenvalue weighted by molar-refractivity contribution is 0.132. The van der Waals surface area contributed by atoms with Gasteiger partial charge in [0.1, 0.15) is 0 Å². The van der Waals surface area contributed by atoms with Crippen LogP contribution in [0.2, 0.25) is 0 Å². The Labute approximate surface area is 118 Å². The molecule has 18 heavy (non-hydrogen) atoms. The Morgan fingerprint density at radius 1 is 1.33 bits per heavy atom. The predicted octanol–water partition coefficient (Wildman–Crippen LogP) is 2.65. The highest BCUT2D eigenvalue weighted by molar-refractivity contribution is 9.10. The zero-order valence-corrected chi connectivity index (χ0v) is 13.2. The molecule has 1 heterocycles. The molecule has 0 aliphatic heterocycles. The summed E-state index contributed by atoms with van der Waals surface area (Å²) in [6.45, 7) is 7.78. The lowest BCUT2D eigenvalue weighted by Crippen LogP contribution is -2.18. The van der Waals surface area contributed by atoms with Crippen molar-refractivity contribution in [1.82, 2.24) is 15.1 Å². The molecule has 0 aliphatic carbocycles. The number of ether oxygens (including phenoxy) is 1. The fraction of sp³-hybridized carbons (Fsp3) is 0.769. The molecule has 4 nitrogen and oxygen atoms in total. The normalized spacial score (nSPS) is 11.1. The number of hydrogen-bond donors (Lipinski definition) is 1. The van der Waals surface area contributed by atoms with E-state index in [1.165, 1.54) is 5.69 Å². The van der Waals surface area contributed by atoms with E-state index in [0.717, 1.165) is 55.7 Å². The summed E-state index contributed by atoms with van der Waals surface area (Å²) in [5, 5.41) is 7.90. The number of nitrogens with one attached hydrogen (secondary N) is 1. The van der Waals surface area contributed by atoms with Gasteiger partial charge in [-0.2, -0.15) is 5.10 Å². The molecule has 0 bridgehead atoms. The molecule has 5 heteroatoms. The maximum absolute atomic E-state index is 5.44. The molecule has 0 amide bonds. The van der Waals surface area contributed by atoms with Gasteiger partial charge in [-0.05, 0) is 41.7 Å². The summed E-state index contributed by atoms with van der Waals surface area (Å²) in [7, 11) is 1.99. The number of halogens is 1. The first-order chi connectivity index (χ1) is 8.70. The quantitative estimate of drug-likeness (QED) is 0.712. The Hall–Kier alpha value is -0.390. The summed E-state index contributed by atoms with van der Waals surface area (Å²) in [6, 6.07) is 0. The molecule has 0 radical (unpaired) electrons. The third-order valence-corrected chi connectivity index (χ3v) is 3.70. The van der Waals surface area contributed by atoms with Gasteiger partial charge >= 0.3 is 0 Å². The molecule has 0 aromatic carbocycles. The van der Waals surface area contributed by atoms with E-state index in [0.29, 0.717) is 0 Å². The summed E-state index contributed by atoms with van der Waals surface area (Å²) in [5.41, 5.74) is 2.34. The van der Waals surface area contributed by atoms with Crippen LogP contribution in [0.3, 0.4) is 0 Å². The molecule has 1 aromatic heterocycles. The van der Waals surface area contributed by atoms with Crippen LogP contribution >= 0.6 is 15.9 Å². The Kier molecular flexibility index (Phi) is 7.54. The average Bonchev–Trinajstić information content (AvgIpc) is 2.64. The second kappa shape index (κ2) is 8.67. The molecule has 1 rings (SSSR count). The minimum Gasteiger partial charge on any atom is -0.381 e. The third-order valence-electron chi connectivity index (χ3n) is 2.79. The van der Waals surface area contributed by atoms with Crippen molar-refractivity contribution in [3.8, 4) is 0 Å². The SMILES string of the molecule is CCCOCCCNCc1c(Br)c(CC)nn1C. The van der Waals surface area contributed by atoms with E-state index in [1.54, 1.807) is 0 Å². The summed E-state index contributed by atoms with van der Waals surface area (Å²) in [4.78, 5) is 0. The second-order valence-electron chi connectivity index (χ2n) is 4.33. The van der Waals surface area contributed by atoms with E-state index in [1.807, 2.05) is 11.7 Å². The van der Waals surface area contributed by atoms with Gasteiger partial charge in [0.25, 0.3) is 0 Å². The first-order valence-electron chi connectivity index (χ1n) is 6.69. The number of rotatable bonds is 9. The molecule has 0 saturated heterocycles. The summed E-state index contributed by atoms with van der Waals surface area (Å²) < 4.78 is 8.53. The van der Waals surface area contributed by atoms with E-state index in [2.05, 4.69) is 40.2 Å². The summed E-state index contributed by atoms with van der Waals surface area (Å²) >= 11 is 3.62. The Morgan fingerprint density at radius 2 is 2.11 bits per heavy atom. The standard InChI is InChI=1S/C13H24BrN3O/c1-4-8-18-9-6-7-15-10-12-13(14)11(5-2)16-17(12)3/h15H,4-10H2,1-3H3. The lowest BCUT2D eigenvalue weighted by atomic mass is 10.3. The van der Waals surface area contributed by atoms with Crippen LogP contribution in [0.4, 0.5) is 0 Å². The fourth-order valence-electron chi connectivity index (χ4n) is 1.76. The van der Waals surface area contributed by atoms with E-state index >= 15 is 0 Å². The van der Waals surface area contributed by atoms with Crippen LogP contribution in [-0.4, -0.2) is 29.5 Å². The largest absolute Gasteiger partial charge is 0.381 e. The van der Waals surface area contributed by atoms with Gasteiger partial charge in [0.2, 0.25) is 0 Å². The molecule has 0 atom stereocenters. The molecule has 0 aliphatic rings. The highest BCUT2D eigenvalue weighted by Gasteiger charge is 2.11. The Balaban J connectivity index is 2.25. The molecule has 0 saturated carbocycles. The van der Waals surface area contributed by atoms with Gasteiger partial charge in [-0.3, -0.25) is 4.68 Å². The van der Waals surface area contributed by atoms with Crippen molar-refractivity contribution < 1.29 is 4.74 Å². The van der Waals surface area contributed by atoms with Gasteiger partial charge in [-0.25, -0.2) is 0 Å². The number of nitrogens with zero attached hydrogens (tertiary/aromatic N) is 2. The van der Waals surface area contributed by atoms with E-state index < -0.39 is 0 Å². The van der Waals surface area contributed by atoms with Gasteiger partial charge < -0.3 is 10.1 Å². The predicted molar refractivity (Wildman–Crippen MR) is 77.7 cm³/mol. The maximum atomic E-state index is 5.44. The first kappa shape index (κ1) is 15.7. The highest BCUT2D eigenvalue weighted by Crippen LogP contribution is 2.21. The molecule has 0 spiro atoms. The van der Waals surface area contributed by atoms with Crippen LogP contribution in [0.15, 0.2) is 4.47 Å². The molecule has 104 valence electrons. The summed E-state index contributed by atoms with van der Waals surface area (Å²) in [5.74, 6) is 0. The second-order valence-corrected chi connectivity index (χ2v) is 5.12. The van der Waals surface area contributed by atoms with E-state index in [9.17, 15) is 0 Å². The minimum atomic E-state index is 0.841. The topological polar surface area (TPSA) is 39.1 Å². The van der Waals surface area contributed by atoms with Crippen molar-refractivity contribution in [3.63, 3.8) is 0 Å². The van der Waals surface area contributed by atoms with E-state index in [4.69, 9.17) is 4.74 Å². The molecular weight excluding hydrogens is 294 g/mol. The van der Waals surface area contributed by atoms with Gasteiger partial charge in [0.15, 0.2) is 0 Å². The van der Waals surface area contributed by atoms with Crippen molar-refractivity contribution in [1.29, 1.82) is 0 Å². The van der Waals surface area contributed by atoms with Gasteiger partial charge in [0, 0.05) is 26.8 Å². The molecular formula is C13H24BrN3O. The number of aryl methyl sites for hydroxylation is 2. The van der Waals surface area contributed by atoms with Crippen LogP contribution in [0, 0.1) is 0 Å². The smallest absolute Gasteiger partial charge is 0.0767 e. The fourth-order valence-corrected chi connectivity index (χ4v) is 2.52. The van der Waals surface area contributed by atoms with Gasteiger partial charge in [0.05, 0.1) is 15.9 Å². The van der Waals surface area contributed by atoms with Crippen molar-refractivity contribution in [2.75, 3.05) is 19.8 Å². The third kappa shape index (κ3) is 4.71. The first-order valence-corrected chi connectivity index (χ1v) is 7.48. The summed E-state index contributed by atoms with van der Waals surface area (Å²) in [6.07, 6.45) is 3.10. The van der Waals surface area contributed by atoms with Crippen LogP contribution in [0.25, 0.3) is 0 Å². The van der Waals surface area contributed by atoms with E-state index in [-0.39, 0.29) is 0 Å². The van der Waals surface area contributed by atoms with Gasteiger partial charge in [-0.1, -0.05) is 13.8 Å². The number of hydrogen-bond acceptors (Lipinski definition) is 3. The number of aromatic nitrogens is 2. The molecule has 0 fully saturated rings. The van der Waals surface area contributed by atoms with Crippen LogP contribution in [0.5, 0.6) is 0 Å². The van der Waals surface area contributed by atoms with Gasteiger partial charge in [-0.15, -0.1) is 0 Å².